The Hall–Kier alpha value is -1.74. The molecule has 26 heavy (non-hydrogen) atoms. The maximum atomic E-state index is 12.7. The van der Waals surface area contributed by atoms with Crippen LogP contribution in [0, 0.1) is 0 Å². The molecular weight excluding hydrogens is 396 g/mol. The smallest absolute Gasteiger partial charge is 0.264 e. The van der Waals surface area contributed by atoms with E-state index in [-0.39, 0.29) is 29.7 Å². The Labute approximate surface area is 161 Å². The minimum absolute atomic E-state index is 0.116. The fourth-order valence-electron chi connectivity index (χ4n) is 2.73. The number of piperazine rings is 1. The van der Waals surface area contributed by atoms with E-state index in [4.69, 9.17) is 11.6 Å². The van der Waals surface area contributed by atoms with E-state index in [9.17, 15) is 18.0 Å². The molecule has 0 saturated carbocycles. The van der Waals surface area contributed by atoms with Crippen molar-refractivity contribution in [1.29, 1.82) is 0 Å². The van der Waals surface area contributed by atoms with E-state index in [1.807, 2.05) is 0 Å². The number of thiophene rings is 1. The number of sulfonamides is 1. The van der Waals surface area contributed by atoms with Crippen molar-refractivity contribution in [3.63, 3.8) is 0 Å². The van der Waals surface area contributed by atoms with Crippen molar-refractivity contribution >= 4 is 44.7 Å². The highest BCUT2D eigenvalue weighted by atomic mass is 35.5. The molecule has 3 rings (SSSR count). The van der Waals surface area contributed by atoms with Crippen molar-refractivity contribution < 1.29 is 18.0 Å². The summed E-state index contributed by atoms with van der Waals surface area (Å²) in [5.74, 6) is -0.250. The lowest BCUT2D eigenvalue weighted by Gasteiger charge is -2.33. The zero-order valence-corrected chi connectivity index (χ0v) is 16.4. The number of benzene rings is 1. The third-order valence-electron chi connectivity index (χ3n) is 4.21. The molecule has 0 bridgehead atoms. The van der Waals surface area contributed by atoms with Crippen molar-refractivity contribution in [2.75, 3.05) is 26.2 Å². The minimum Gasteiger partial charge on any atom is -0.335 e. The van der Waals surface area contributed by atoms with E-state index in [2.05, 4.69) is 0 Å². The largest absolute Gasteiger partial charge is 0.335 e. The number of hydrogen-bond acceptors (Lipinski definition) is 5. The molecule has 0 atom stereocenters. The number of nitrogens with zero attached hydrogens (tertiary/aromatic N) is 2. The molecule has 138 valence electrons. The van der Waals surface area contributed by atoms with Crippen molar-refractivity contribution in [3.8, 4) is 0 Å². The van der Waals surface area contributed by atoms with Gasteiger partial charge in [-0.25, -0.2) is 8.42 Å². The average molecular weight is 413 g/mol. The van der Waals surface area contributed by atoms with Gasteiger partial charge in [0, 0.05) is 31.7 Å². The summed E-state index contributed by atoms with van der Waals surface area (Å²) in [5.41, 5.74) is 0.467. The summed E-state index contributed by atoms with van der Waals surface area (Å²) in [6, 6.07) is 9.25. The average Bonchev–Trinajstić information content (AvgIpc) is 3.07. The van der Waals surface area contributed by atoms with Crippen LogP contribution in [0.25, 0.3) is 0 Å². The van der Waals surface area contributed by atoms with Crippen molar-refractivity contribution in [2.24, 2.45) is 0 Å². The first-order valence-corrected chi connectivity index (χ1v) is 10.6. The van der Waals surface area contributed by atoms with Gasteiger partial charge in [0.2, 0.25) is 10.0 Å². The summed E-state index contributed by atoms with van der Waals surface area (Å²) in [6.45, 7) is 2.52. The first-order chi connectivity index (χ1) is 12.3. The maximum absolute atomic E-state index is 12.7. The first kappa shape index (κ1) is 19.0. The van der Waals surface area contributed by atoms with Crippen LogP contribution < -0.4 is 0 Å². The second-order valence-corrected chi connectivity index (χ2v) is 9.53. The Morgan fingerprint density at radius 2 is 1.62 bits per heavy atom. The van der Waals surface area contributed by atoms with Crippen LogP contribution in [0.15, 0.2) is 41.3 Å². The lowest BCUT2D eigenvalue weighted by molar-refractivity contribution is 0.0702. The van der Waals surface area contributed by atoms with Crippen molar-refractivity contribution in [1.82, 2.24) is 9.21 Å². The van der Waals surface area contributed by atoms with E-state index in [0.717, 1.165) is 0 Å². The molecule has 1 aromatic carbocycles. The highest BCUT2D eigenvalue weighted by Crippen LogP contribution is 2.24. The summed E-state index contributed by atoms with van der Waals surface area (Å²) >= 11 is 7.08. The molecule has 1 aromatic heterocycles. The Morgan fingerprint density at radius 1 is 1.00 bits per heavy atom. The summed E-state index contributed by atoms with van der Waals surface area (Å²) < 4.78 is 27.4. The number of ketones is 1. The molecule has 0 spiro atoms. The molecule has 0 N–H and O–H groups in total. The molecule has 2 heterocycles. The maximum Gasteiger partial charge on any atom is 0.264 e. The van der Waals surface area contributed by atoms with Crippen LogP contribution in [-0.4, -0.2) is 55.5 Å². The number of carbonyl (C=O) groups is 2. The van der Waals surface area contributed by atoms with Crippen LogP contribution in [0.2, 0.25) is 4.34 Å². The zero-order valence-electron chi connectivity index (χ0n) is 14.0. The van der Waals surface area contributed by atoms with Crippen LogP contribution in [0.5, 0.6) is 0 Å². The van der Waals surface area contributed by atoms with E-state index < -0.39 is 10.0 Å². The highest BCUT2D eigenvalue weighted by molar-refractivity contribution is 7.89. The third-order valence-corrected chi connectivity index (χ3v) is 7.34. The highest BCUT2D eigenvalue weighted by Gasteiger charge is 2.30. The van der Waals surface area contributed by atoms with E-state index in [1.54, 1.807) is 17.0 Å². The number of Topliss-reactive ketones (excluding diaryl/α,β-unsaturated/α-hetero) is 1. The molecule has 1 saturated heterocycles. The van der Waals surface area contributed by atoms with E-state index >= 15 is 0 Å². The zero-order chi connectivity index (χ0) is 18.9. The summed E-state index contributed by atoms with van der Waals surface area (Å²) in [4.78, 5) is 26.1. The topological polar surface area (TPSA) is 74.8 Å². The molecule has 2 aromatic rings. The standard InChI is InChI=1S/C17H17ClN2O4S2/c1-12(21)13-2-4-14(5-3-13)26(23,24)20-10-8-19(9-11-20)17(22)15-6-7-16(18)25-15/h2-7H,8-11H2,1H3. The minimum atomic E-state index is -3.65. The van der Waals surface area contributed by atoms with Crippen molar-refractivity contribution in [3.05, 3.63) is 51.2 Å². The second-order valence-electron chi connectivity index (χ2n) is 5.88. The molecule has 1 aliphatic rings. The predicted molar refractivity (Wildman–Crippen MR) is 100 cm³/mol. The molecule has 9 heteroatoms. The van der Waals surface area contributed by atoms with Crippen LogP contribution in [-0.2, 0) is 10.0 Å². The number of carbonyl (C=O) groups excluding carboxylic acids is 2. The Kier molecular flexibility index (Phi) is 5.47. The second kappa shape index (κ2) is 7.48. The summed E-state index contributed by atoms with van der Waals surface area (Å²) in [7, 11) is -3.65. The predicted octanol–water partition coefficient (Wildman–Crippen LogP) is 2.75. The van der Waals surface area contributed by atoms with Gasteiger partial charge in [0.25, 0.3) is 5.91 Å². The Bertz CT molecular complexity index is 930. The molecule has 0 unspecified atom stereocenters. The quantitative estimate of drug-likeness (QED) is 0.723. The van der Waals surface area contributed by atoms with Crippen molar-refractivity contribution in [2.45, 2.75) is 11.8 Å². The van der Waals surface area contributed by atoms with Crippen LogP contribution in [0.3, 0.4) is 0 Å². The number of amides is 1. The van der Waals surface area contributed by atoms with E-state index in [1.165, 1.54) is 46.8 Å². The SMILES string of the molecule is CC(=O)c1ccc(S(=O)(=O)N2CCN(C(=O)c3ccc(Cl)s3)CC2)cc1. The van der Waals surface area contributed by atoms with Gasteiger partial charge in [-0.3, -0.25) is 9.59 Å². The van der Waals surface area contributed by atoms with Gasteiger partial charge in [0.15, 0.2) is 5.78 Å². The van der Waals surface area contributed by atoms with Gasteiger partial charge in [-0.1, -0.05) is 23.7 Å². The van der Waals surface area contributed by atoms with Gasteiger partial charge >= 0.3 is 0 Å². The molecule has 0 aliphatic carbocycles. The molecule has 1 aliphatic heterocycles. The third kappa shape index (κ3) is 3.83. The molecular formula is C17H17ClN2O4S2. The molecule has 0 radical (unpaired) electrons. The number of hydrogen-bond donors (Lipinski definition) is 0. The Balaban J connectivity index is 1.68. The lowest BCUT2D eigenvalue weighted by atomic mass is 10.2. The van der Waals surface area contributed by atoms with Gasteiger partial charge in [0.05, 0.1) is 14.1 Å². The lowest BCUT2D eigenvalue weighted by Crippen LogP contribution is -2.50. The van der Waals surface area contributed by atoms with Gasteiger partial charge in [0.1, 0.15) is 0 Å². The molecule has 1 fully saturated rings. The molecule has 1 amide bonds. The van der Waals surface area contributed by atoms with Crippen LogP contribution in [0.1, 0.15) is 27.0 Å². The Morgan fingerprint density at radius 3 is 2.12 bits per heavy atom. The molecule has 6 nitrogen and oxygen atoms in total. The summed E-state index contributed by atoms with van der Waals surface area (Å²) in [6.07, 6.45) is 0. The monoisotopic (exact) mass is 412 g/mol. The fourth-order valence-corrected chi connectivity index (χ4v) is 5.16. The fraction of sp³-hybridized carbons (Fsp3) is 0.294. The summed E-state index contributed by atoms with van der Waals surface area (Å²) in [5, 5.41) is 0. The van der Waals surface area contributed by atoms with Gasteiger partial charge in [-0.15, -0.1) is 11.3 Å². The van der Waals surface area contributed by atoms with Gasteiger partial charge < -0.3 is 4.90 Å². The van der Waals surface area contributed by atoms with Crippen LogP contribution >= 0.6 is 22.9 Å². The normalized spacial score (nSPS) is 15.8. The number of rotatable bonds is 4. The van der Waals surface area contributed by atoms with Gasteiger partial charge in [-0.2, -0.15) is 4.31 Å². The van der Waals surface area contributed by atoms with Gasteiger partial charge in [-0.05, 0) is 31.2 Å². The number of halogens is 1. The van der Waals surface area contributed by atoms with Crippen LogP contribution in [0.4, 0.5) is 0 Å². The van der Waals surface area contributed by atoms with E-state index in [0.29, 0.717) is 27.9 Å². The first-order valence-electron chi connectivity index (χ1n) is 7.95.